The van der Waals surface area contributed by atoms with E-state index in [1.54, 1.807) is 136 Å². The molecule has 5 atom stereocenters. The van der Waals surface area contributed by atoms with Crippen LogP contribution in [0.4, 0.5) is 11.4 Å². The largest absolute Gasteiger partial charge is 0.394 e. The first-order chi connectivity index (χ1) is 29.0. The van der Waals surface area contributed by atoms with Gasteiger partial charge in [0.05, 0.1) is 106 Å². The molecule has 0 bridgehead atoms. The molecule has 5 unspecified atom stereocenters. The molecule has 0 aliphatic rings. The first-order valence-corrected chi connectivity index (χ1v) is 24.6. The second-order valence-corrected chi connectivity index (χ2v) is 20.1. The van der Waals surface area contributed by atoms with Crippen LogP contribution >= 0.6 is 136 Å². The van der Waals surface area contributed by atoms with Crippen molar-refractivity contribution >= 4 is 182 Å². The summed E-state index contributed by atoms with van der Waals surface area (Å²) in [5.74, 6) is -8.12. The molecule has 0 aromatic heterocycles. The summed E-state index contributed by atoms with van der Waals surface area (Å²) in [4.78, 5) is 85.4. The van der Waals surface area contributed by atoms with Crippen molar-refractivity contribution in [3.63, 3.8) is 0 Å². The fourth-order valence-electron chi connectivity index (χ4n) is 5.88. The van der Waals surface area contributed by atoms with Gasteiger partial charge in [0, 0.05) is 38.2 Å². The van der Waals surface area contributed by atoms with Crippen LogP contribution in [-0.4, -0.2) is 163 Å². The summed E-state index contributed by atoms with van der Waals surface area (Å²) in [6, 6.07) is 0. The van der Waals surface area contributed by atoms with Crippen LogP contribution in [0.1, 0.15) is 73.5 Å². The van der Waals surface area contributed by atoms with Crippen molar-refractivity contribution in [2.24, 2.45) is 17.4 Å². The molecule has 2 rings (SSSR count). The number of amides is 4. The minimum Gasteiger partial charge on any atom is -0.394 e. The van der Waals surface area contributed by atoms with Crippen LogP contribution in [0, 0.1) is 27.3 Å². The molecule has 2 aromatic carbocycles. The molecule has 0 fully saturated rings. The van der Waals surface area contributed by atoms with Gasteiger partial charge in [0.15, 0.2) is 11.6 Å². The molecule has 20 nitrogen and oxygen atoms in total. The normalized spacial score (nSPS) is 14.4. The lowest BCUT2D eigenvalue weighted by Gasteiger charge is -2.35. The van der Waals surface area contributed by atoms with Gasteiger partial charge in [-0.15, -0.1) is 0 Å². The Morgan fingerprint density at radius 3 is 1.02 bits per heavy atom. The Balaban J connectivity index is 3.15. The minimum atomic E-state index is -2.13. The minimum absolute atomic E-state index is 0.0212. The van der Waals surface area contributed by atoms with Crippen molar-refractivity contribution in [2.45, 2.75) is 62.6 Å². The number of aliphatic hydroxyl groups excluding tert-OH is 10. The molecule has 0 heterocycles. The predicted octanol–water partition coefficient (Wildman–Crippen LogP) is -0.424. The van der Waals surface area contributed by atoms with Gasteiger partial charge in [0.1, 0.15) is 5.92 Å². The van der Waals surface area contributed by atoms with Gasteiger partial charge >= 0.3 is 0 Å². The Hall–Kier alpha value is -0.360. The molecule has 346 valence electrons. The smallest absolute Gasteiger partial charge is 0.250 e. The summed E-state index contributed by atoms with van der Waals surface area (Å²) in [5.41, 5.74) is 10.2. The molecule has 62 heavy (non-hydrogen) atoms. The van der Waals surface area contributed by atoms with E-state index in [1.165, 1.54) is 0 Å². The first-order valence-electron chi connectivity index (χ1n) is 18.1. The Morgan fingerprint density at radius 1 is 0.452 bits per heavy atom. The number of rotatable bonds is 25. The summed E-state index contributed by atoms with van der Waals surface area (Å²) in [6.45, 7) is -5.88. The maximum Gasteiger partial charge on any atom is 0.250 e. The molecule has 26 heteroatoms. The average Bonchev–Trinajstić information content (AvgIpc) is 3.21. The van der Waals surface area contributed by atoms with Crippen molar-refractivity contribution in [2.75, 3.05) is 55.9 Å². The van der Waals surface area contributed by atoms with E-state index in [9.17, 15) is 70.2 Å². The molecular weight excluding hydrogens is 1510 g/mol. The summed E-state index contributed by atoms with van der Waals surface area (Å²) < 4.78 is -0.0679. The average molecular weight is 1550 g/mol. The maximum atomic E-state index is 15.2. The Labute approximate surface area is 436 Å². The van der Waals surface area contributed by atoms with Gasteiger partial charge in [-0.05, 0) is 155 Å². The number of hydrogen-bond donors (Lipinski definition) is 12. The number of carbonyl (C=O) groups excluding carboxylic acids is 6. The summed E-state index contributed by atoms with van der Waals surface area (Å²) in [5, 5.41) is 101. The van der Waals surface area contributed by atoms with E-state index in [0.717, 1.165) is 9.80 Å². The third-order valence-corrected chi connectivity index (χ3v) is 15.4. The van der Waals surface area contributed by atoms with Crippen molar-refractivity contribution in [3.05, 3.63) is 43.7 Å². The second kappa shape index (κ2) is 26.8. The highest BCUT2D eigenvalue weighted by molar-refractivity contribution is 14.1. The predicted molar refractivity (Wildman–Crippen MR) is 272 cm³/mol. The number of Topliss-reactive ketones (excluding diaryl/α,β-unsaturated/α-hetero) is 2. The van der Waals surface area contributed by atoms with Crippen LogP contribution in [0.5, 0.6) is 0 Å². The number of benzene rings is 2. The van der Waals surface area contributed by atoms with Gasteiger partial charge in [-0.25, -0.2) is 0 Å². The summed E-state index contributed by atoms with van der Waals surface area (Å²) >= 11 is 10.1. The van der Waals surface area contributed by atoms with Crippen molar-refractivity contribution in [1.29, 1.82) is 0 Å². The van der Waals surface area contributed by atoms with Crippen LogP contribution in [-0.2, 0) is 9.59 Å². The lowest BCUT2D eigenvalue weighted by atomic mass is 9.95. The summed E-state index contributed by atoms with van der Waals surface area (Å²) in [6.07, 6.45) is -9.89. The van der Waals surface area contributed by atoms with Crippen molar-refractivity contribution < 1.29 is 79.8 Å². The number of primary amides is 2. The van der Waals surface area contributed by atoms with Crippen LogP contribution in [0.15, 0.2) is 0 Å². The number of anilines is 2. The molecule has 14 N–H and O–H groups in total. The number of aliphatic hydroxyl groups is 10. The zero-order valence-electron chi connectivity index (χ0n) is 32.2. The van der Waals surface area contributed by atoms with Crippen molar-refractivity contribution in [3.8, 4) is 0 Å². The van der Waals surface area contributed by atoms with Gasteiger partial charge in [0.2, 0.25) is 11.8 Å². The number of carbonyl (C=O) groups is 6. The monoisotopic (exact) mass is 1550 g/mol. The molecule has 0 spiro atoms. The fourth-order valence-corrected chi connectivity index (χ4v) is 15.6. The second-order valence-electron chi connectivity index (χ2n) is 13.6. The first kappa shape index (κ1) is 57.8. The van der Waals surface area contributed by atoms with E-state index >= 15 is 9.59 Å². The SMILES string of the molecule is NC(=O)c1c(I)c(C(=O)CCC(O)CO)c(I)c(N(CC(O)CO)C(=O)C(CC(O)CO)C(=O)N(CC(O)CO)c2c(I)c(C(N)=O)c(I)c(C(=O)CCC(O)CO)c2I)c1I. The molecule has 0 radical (unpaired) electrons. The highest BCUT2D eigenvalue weighted by atomic mass is 127. The standard InChI is InChI=1S/C36H44I6N4O16/c37-25-21(19(57)3-1-13(52)8-47)27(39)31(29(41)23(25)33(43)59)45(6-16(55)11-50)35(61)18(5-15(54)10-49)36(62)46(7-17(56)12-51)32-28(40)22(20(58)4-2-14(53)9-48)26(38)24(30(32)42)34(44)60/h13-18,47-56H,1-12H2,(H2,43,59)(H2,44,60). The molecule has 2 aromatic rings. The lowest BCUT2D eigenvalue weighted by Crippen LogP contribution is -2.52. The number of nitrogens with two attached hydrogens (primary N) is 2. The quantitative estimate of drug-likeness (QED) is 0.0341. The lowest BCUT2D eigenvalue weighted by molar-refractivity contribution is -0.134. The Kier molecular flexibility index (Phi) is 25.0. The highest BCUT2D eigenvalue weighted by Gasteiger charge is 2.42. The van der Waals surface area contributed by atoms with Crippen LogP contribution in [0.25, 0.3) is 0 Å². The van der Waals surface area contributed by atoms with Crippen LogP contribution in [0.2, 0.25) is 0 Å². The number of nitrogens with zero attached hydrogens (tertiary/aromatic N) is 2. The van der Waals surface area contributed by atoms with E-state index < -0.39 is 124 Å². The van der Waals surface area contributed by atoms with Gasteiger partial charge in [-0.2, -0.15) is 0 Å². The highest BCUT2D eigenvalue weighted by Crippen LogP contribution is 2.42. The molecule has 0 saturated heterocycles. The molecule has 4 amide bonds. The van der Waals surface area contributed by atoms with Crippen molar-refractivity contribution in [1.82, 2.24) is 0 Å². The van der Waals surface area contributed by atoms with Gasteiger partial charge in [-0.1, -0.05) is 0 Å². The molecule has 0 aliphatic carbocycles. The Bertz CT molecular complexity index is 1880. The molecule has 0 saturated carbocycles. The third-order valence-electron chi connectivity index (χ3n) is 9.06. The number of hydrogen-bond acceptors (Lipinski definition) is 16. The molecular formula is C36H44I6N4O16. The molecule has 0 aliphatic heterocycles. The van der Waals surface area contributed by atoms with Gasteiger partial charge in [0.25, 0.3) is 11.8 Å². The van der Waals surface area contributed by atoms with Crippen LogP contribution in [0.3, 0.4) is 0 Å². The number of halogens is 6. The maximum absolute atomic E-state index is 15.2. The topological polar surface area (TPSA) is 363 Å². The zero-order chi connectivity index (χ0) is 47.5. The van der Waals surface area contributed by atoms with E-state index in [0.29, 0.717) is 0 Å². The van der Waals surface area contributed by atoms with Gasteiger partial charge in [-0.3, -0.25) is 28.8 Å². The number of ketones is 2. The third kappa shape index (κ3) is 14.3. The van der Waals surface area contributed by atoms with E-state index in [4.69, 9.17) is 11.5 Å². The van der Waals surface area contributed by atoms with E-state index in [1.807, 2.05) is 0 Å². The fraction of sp³-hybridized carbons (Fsp3) is 0.500. The summed E-state index contributed by atoms with van der Waals surface area (Å²) in [7, 11) is 0. The van der Waals surface area contributed by atoms with E-state index in [2.05, 4.69) is 0 Å². The van der Waals surface area contributed by atoms with Gasteiger partial charge < -0.3 is 72.3 Å². The Morgan fingerprint density at radius 2 is 0.742 bits per heavy atom. The van der Waals surface area contributed by atoms with Crippen LogP contribution < -0.4 is 21.3 Å². The van der Waals surface area contributed by atoms with E-state index in [-0.39, 0.29) is 80.7 Å². The zero-order valence-corrected chi connectivity index (χ0v) is 45.1.